The van der Waals surface area contributed by atoms with Crippen LogP contribution in [0.2, 0.25) is 0 Å². The molecule has 3 rings (SSSR count). The second-order valence-corrected chi connectivity index (χ2v) is 5.12. The van der Waals surface area contributed by atoms with Gasteiger partial charge in [-0.1, -0.05) is 30.3 Å². The number of allylic oxidation sites excluding steroid dienone is 2. The maximum atomic E-state index is 9.97. The van der Waals surface area contributed by atoms with E-state index in [4.69, 9.17) is 9.47 Å². The summed E-state index contributed by atoms with van der Waals surface area (Å²) in [6.07, 6.45) is 4.04. The molecule has 1 N–H and O–H groups in total. The van der Waals surface area contributed by atoms with Gasteiger partial charge < -0.3 is 14.6 Å². The SMILES string of the molecule is COc1cc(CC2=CCc3ccccc32)cc(OC)c1O. The van der Waals surface area contributed by atoms with Crippen molar-refractivity contribution < 1.29 is 14.6 Å². The quantitative estimate of drug-likeness (QED) is 0.931. The molecule has 21 heavy (non-hydrogen) atoms. The minimum absolute atomic E-state index is 0.0459. The van der Waals surface area contributed by atoms with E-state index in [1.54, 1.807) is 14.2 Å². The number of hydrogen-bond donors (Lipinski definition) is 1. The number of aromatic hydroxyl groups is 1. The highest BCUT2D eigenvalue weighted by Gasteiger charge is 2.16. The Morgan fingerprint density at radius 2 is 1.71 bits per heavy atom. The molecular formula is C18H18O3. The van der Waals surface area contributed by atoms with Crippen LogP contribution in [-0.2, 0) is 12.8 Å². The third kappa shape index (κ3) is 2.47. The normalized spacial score (nSPS) is 12.8. The van der Waals surface area contributed by atoms with E-state index in [-0.39, 0.29) is 5.75 Å². The molecule has 0 saturated carbocycles. The highest BCUT2D eigenvalue weighted by atomic mass is 16.5. The molecule has 0 spiro atoms. The van der Waals surface area contributed by atoms with E-state index in [0.29, 0.717) is 11.5 Å². The molecule has 0 aromatic heterocycles. The molecular weight excluding hydrogens is 264 g/mol. The van der Waals surface area contributed by atoms with Crippen LogP contribution in [0.4, 0.5) is 0 Å². The highest BCUT2D eigenvalue weighted by Crippen LogP contribution is 2.39. The van der Waals surface area contributed by atoms with Crippen LogP contribution in [0.3, 0.4) is 0 Å². The number of phenols is 1. The average Bonchev–Trinajstić information content (AvgIpc) is 2.92. The van der Waals surface area contributed by atoms with Gasteiger partial charge >= 0.3 is 0 Å². The zero-order valence-electron chi connectivity index (χ0n) is 12.2. The Morgan fingerprint density at radius 1 is 1.05 bits per heavy atom. The van der Waals surface area contributed by atoms with Crippen LogP contribution in [0.25, 0.3) is 5.57 Å². The van der Waals surface area contributed by atoms with Crippen molar-refractivity contribution >= 4 is 5.57 Å². The summed E-state index contributed by atoms with van der Waals surface area (Å²) < 4.78 is 10.4. The molecule has 0 heterocycles. The minimum atomic E-state index is 0.0459. The molecule has 0 saturated heterocycles. The summed E-state index contributed by atoms with van der Waals surface area (Å²) in [5, 5.41) is 9.97. The zero-order valence-corrected chi connectivity index (χ0v) is 12.2. The molecule has 0 fully saturated rings. The van der Waals surface area contributed by atoms with Crippen molar-refractivity contribution in [1.82, 2.24) is 0 Å². The van der Waals surface area contributed by atoms with Gasteiger partial charge in [0.05, 0.1) is 14.2 Å². The molecule has 1 aliphatic carbocycles. The Balaban J connectivity index is 1.93. The van der Waals surface area contributed by atoms with Crippen molar-refractivity contribution in [2.45, 2.75) is 12.8 Å². The van der Waals surface area contributed by atoms with Crippen LogP contribution in [0.5, 0.6) is 17.2 Å². The largest absolute Gasteiger partial charge is 0.502 e. The number of rotatable bonds is 4. The summed E-state index contributed by atoms with van der Waals surface area (Å²) in [6, 6.07) is 12.2. The van der Waals surface area contributed by atoms with E-state index in [0.717, 1.165) is 18.4 Å². The third-order valence-corrected chi connectivity index (χ3v) is 3.87. The van der Waals surface area contributed by atoms with Crippen LogP contribution in [-0.4, -0.2) is 19.3 Å². The average molecular weight is 282 g/mol. The summed E-state index contributed by atoms with van der Waals surface area (Å²) in [5.41, 5.74) is 5.04. The van der Waals surface area contributed by atoms with Crippen molar-refractivity contribution in [2.75, 3.05) is 14.2 Å². The summed E-state index contributed by atoms with van der Waals surface area (Å²) in [5.74, 6) is 0.928. The van der Waals surface area contributed by atoms with Gasteiger partial charge in [-0.05, 0) is 47.2 Å². The van der Waals surface area contributed by atoms with Crippen LogP contribution in [0.1, 0.15) is 16.7 Å². The first-order valence-electron chi connectivity index (χ1n) is 6.94. The fourth-order valence-corrected chi connectivity index (χ4v) is 2.79. The molecule has 0 unspecified atom stereocenters. The Hall–Kier alpha value is -2.42. The number of methoxy groups -OCH3 is 2. The first-order chi connectivity index (χ1) is 10.2. The molecule has 3 heteroatoms. The number of fused-ring (bicyclic) bond motifs is 1. The first-order valence-corrected chi connectivity index (χ1v) is 6.94. The van der Waals surface area contributed by atoms with E-state index in [1.807, 2.05) is 12.1 Å². The molecule has 0 amide bonds. The predicted octanol–water partition coefficient (Wildman–Crippen LogP) is 3.59. The van der Waals surface area contributed by atoms with Crippen molar-refractivity contribution in [2.24, 2.45) is 0 Å². The number of ether oxygens (including phenoxy) is 2. The second kappa shape index (κ2) is 5.52. The van der Waals surface area contributed by atoms with Gasteiger partial charge in [-0.15, -0.1) is 0 Å². The molecule has 3 nitrogen and oxygen atoms in total. The lowest BCUT2D eigenvalue weighted by Crippen LogP contribution is -1.94. The predicted molar refractivity (Wildman–Crippen MR) is 83.0 cm³/mol. The minimum Gasteiger partial charge on any atom is -0.502 e. The summed E-state index contributed by atoms with van der Waals surface area (Å²) in [7, 11) is 3.09. The summed E-state index contributed by atoms with van der Waals surface area (Å²) in [4.78, 5) is 0. The monoisotopic (exact) mass is 282 g/mol. The standard InChI is InChI=1S/C18H18O3/c1-20-16-10-12(11-17(21-2)18(16)19)9-14-8-7-13-5-3-4-6-15(13)14/h3-6,8,10-11,19H,7,9H2,1-2H3. The fourth-order valence-electron chi connectivity index (χ4n) is 2.79. The summed E-state index contributed by atoms with van der Waals surface area (Å²) >= 11 is 0. The maximum absolute atomic E-state index is 9.97. The lowest BCUT2D eigenvalue weighted by Gasteiger charge is -2.12. The number of phenolic OH excluding ortho intramolecular Hbond substituents is 1. The van der Waals surface area contributed by atoms with Crippen molar-refractivity contribution in [3.05, 3.63) is 59.2 Å². The van der Waals surface area contributed by atoms with Gasteiger partial charge in [-0.25, -0.2) is 0 Å². The van der Waals surface area contributed by atoms with E-state index >= 15 is 0 Å². The molecule has 0 aliphatic heterocycles. The topological polar surface area (TPSA) is 38.7 Å². The first kappa shape index (κ1) is 13.6. The Labute approximate surface area is 124 Å². The third-order valence-electron chi connectivity index (χ3n) is 3.87. The van der Waals surface area contributed by atoms with Gasteiger partial charge in [0.2, 0.25) is 5.75 Å². The number of benzene rings is 2. The molecule has 1 aliphatic rings. The van der Waals surface area contributed by atoms with Crippen LogP contribution >= 0.6 is 0 Å². The molecule has 0 bridgehead atoms. The van der Waals surface area contributed by atoms with Gasteiger partial charge in [0.25, 0.3) is 0 Å². The summed E-state index contributed by atoms with van der Waals surface area (Å²) in [6.45, 7) is 0. The van der Waals surface area contributed by atoms with Crippen molar-refractivity contribution in [3.63, 3.8) is 0 Å². The van der Waals surface area contributed by atoms with Crippen LogP contribution in [0, 0.1) is 0 Å². The van der Waals surface area contributed by atoms with E-state index in [2.05, 4.69) is 30.3 Å². The highest BCUT2D eigenvalue weighted by molar-refractivity contribution is 5.75. The molecule has 108 valence electrons. The van der Waals surface area contributed by atoms with Crippen molar-refractivity contribution in [3.8, 4) is 17.2 Å². The van der Waals surface area contributed by atoms with E-state index in [1.165, 1.54) is 16.7 Å². The lowest BCUT2D eigenvalue weighted by atomic mass is 9.99. The maximum Gasteiger partial charge on any atom is 0.200 e. The van der Waals surface area contributed by atoms with E-state index in [9.17, 15) is 5.11 Å². The van der Waals surface area contributed by atoms with Gasteiger partial charge in [-0.3, -0.25) is 0 Å². The van der Waals surface area contributed by atoms with Gasteiger partial charge in [0, 0.05) is 0 Å². The van der Waals surface area contributed by atoms with Gasteiger partial charge in [0.15, 0.2) is 11.5 Å². The Bertz CT molecular complexity index is 676. The van der Waals surface area contributed by atoms with Crippen LogP contribution < -0.4 is 9.47 Å². The zero-order chi connectivity index (χ0) is 14.8. The second-order valence-electron chi connectivity index (χ2n) is 5.12. The molecule has 0 radical (unpaired) electrons. The van der Waals surface area contributed by atoms with Crippen LogP contribution in [0.15, 0.2) is 42.5 Å². The van der Waals surface area contributed by atoms with Gasteiger partial charge in [-0.2, -0.15) is 0 Å². The smallest absolute Gasteiger partial charge is 0.200 e. The lowest BCUT2D eigenvalue weighted by molar-refractivity contribution is 0.339. The van der Waals surface area contributed by atoms with E-state index < -0.39 is 0 Å². The van der Waals surface area contributed by atoms with Gasteiger partial charge in [0.1, 0.15) is 0 Å². The molecule has 0 atom stereocenters. The van der Waals surface area contributed by atoms with Crippen molar-refractivity contribution in [1.29, 1.82) is 0 Å². The molecule has 2 aromatic rings. The number of hydrogen-bond acceptors (Lipinski definition) is 3. The molecule has 2 aromatic carbocycles. The fraction of sp³-hybridized carbons (Fsp3) is 0.222. The Kier molecular flexibility index (Phi) is 3.57. The Morgan fingerprint density at radius 3 is 2.38 bits per heavy atom.